The van der Waals surface area contributed by atoms with Crippen LogP contribution >= 0.6 is 8.17 Å². The maximum Gasteiger partial charge on any atom is 0.570 e. The molecule has 42 valence electrons. The highest BCUT2D eigenvalue weighted by Crippen LogP contribution is 2.55. The third kappa shape index (κ3) is 1.33. The van der Waals surface area contributed by atoms with E-state index in [-0.39, 0.29) is 0 Å². The second-order valence-electron chi connectivity index (χ2n) is 1.16. The monoisotopic (exact) mass is 125 g/mol. The van der Waals surface area contributed by atoms with Crippen LogP contribution in [-0.4, -0.2) is 23.0 Å². The molecule has 0 aliphatic carbocycles. The van der Waals surface area contributed by atoms with Gasteiger partial charge in [0.1, 0.15) is 13.2 Å². The first kappa shape index (κ1) is 5.41. The summed E-state index contributed by atoms with van der Waals surface area (Å²) in [6.07, 6.45) is 0. The lowest BCUT2D eigenvalue weighted by Crippen LogP contribution is -1.85. The molecule has 0 saturated carbocycles. The van der Waals surface area contributed by atoms with Crippen LogP contribution in [0.1, 0.15) is 0 Å². The fourth-order valence-electron chi connectivity index (χ4n) is 0.350. The Morgan fingerprint density at radius 1 is 1.14 bits per heavy atom. The molecule has 1 rings (SSSR count). The van der Waals surface area contributed by atoms with Gasteiger partial charge < -0.3 is 0 Å². The first-order valence-corrected chi connectivity index (χ1v) is 3.37. The molecule has 0 aromatic rings. The number of hydrogen-bond donors (Lipinski definition) is 2. The van der Waals surface area contributed by atoms with E-state index in [0.717, 1.165) is 0 Å². The second kappa shape index (κ2) is 1.65. The van der Waals surface area contributed by atoms with Crippen molar-refractivity contribution in [1.82, 2.24) is 0 Å². The summed E-state index contributed by atoms with van der Waals surface area (Å²) in [4.78, 5) is 16.8. The van der Waals surface area contributed by atoms with E-state index in [2.05, 4.69) is 9.05 Å². The fourth-order valence-corrected chi connectivity index (χ4v) is 1.05. The molecule has 1 saturated heterocycles. The van der Waals surface area contributed by atoms with Gasteiger partial charge in [-0.05, 0) is 0 Å². The molecule has 0 atom stereocenters. The van der Waals surface area contributed by atoms with Crippen molar-refractivity contribution in [1.29, 1.82) is 0 Å². The lowest BCUT2D eigenvalue weighted by atomic mass is 10.8. The Morgan fingerprint density at radius 3 is 1.71 bits per heavy atom. The summed E-state index contributed by atoms with van der Waals surface area (Å²) < 4.78 is 8.68. The van der Waals surface area contributed by atoms with Crippen LogP contribution in [0.5, 0.6) is 0 Å². The van der Waals surface area contributed by atoms with Crippen LogP contribution in [0.2, 0.25) is 0 Å². The topological polar surface area (TPSA) is 58.9 Å². The standard InChI is InChI=1S/C2H6O4P/c3-7(4)5-1-2-6-7/h3-4H,1-2H2/q+1. The third-order valence-corrected chi connectivity index (χ3v) is 1.64. The van der Waals surface area contributed by atoms with E-state index >= 15 is 0 Å². The van der Waals surface area contributed by atoms with E-state index < -0.39 is 8.17 Å². The molecule has 4 nitrogen and oxygen atoms in total. The zero-order valence-electron chi connectivity index (χ0n) is 3.57. The van der Waals surface area contributed by atoms with Gasteiger partial charge in [0.25, 0.3) is 0 Å². The normalized spacial score (nSPS) is 28.3. The Labute approximate surface area is 41.3 Å². The van der Waals surface area contributed by atoms with Crippen molar-refractivity contribution < 1.29 is 18.8 Å². The highest BCUT2D eigenvalue weighted by molar-refractivity contribution is 7.54. The lowest BCUT2D eigenvalue weighted by molar-refractivity contribution is 0.218. The van der Waals surface area contributed by atoms with Gasteiger partial charge in [0.2, 0.25) is 0 Å². The van der Waals surface area contributed by atoms with Gasteiger partial charge in [0.05, 0.1) is 0 Å². The molecule has 2 N–H and O–H groups in total. The van der Waals surface area contributed by atoms with E-state index in [1.54, 1.807) is 0 Å². The van der Waals surface area contributed by atoms with Crippen LogP contribution in [0, 0.1) is 0 Å². The first-order chi connectivity index (χ1) is 3.21. The van der Waals surface area contributed by atoms with Crippen molar-refractivity contribution in [2.24, 2.45) is 0 Å². The maximum atomic E-state index is 8.42. The minimum atomic E-state index is -3.29. The van der Waals surface area contributed by atoms with E-state index in [4.69, 9.17) is 9.79 Å². The van der Waals surface area contributed by atoms with Gasteiger partial charge in [-0.1, -0.05) is 0 Å². The average molecular weight is 125 g/mol. The molecule has 0 unspecified atom stereocenters. The lowest BCUT2D eigenvalue weighted by Gasteiger charge is -1.93. The van der Waals surface area contributed by atoms with Crippen molar-refractivity contribution in [2.75, 3.05) is 13.2 Å². The predicted molar refractivity (Wildman–Crippen MR) is 23.3 cm³/mol. The van der Waals surface area contributed by atoms with Gasteiger partial charge in [0.15, 0.2) is 0 Å². The molecule has 1 aliphatic heterocycles. The van der Waals surface area contributed by atoms with Crippen molar-refractivity contribution >= 4 is 8.17 Å². The Hall–Kier alpha value is 0.270. The van der Waals surface area contributed by atoms with Gasteiger partial charge in [0, 0.05) is 0 Å². The van der Waals surface area contributed by atoms with E-state index in [0.29, 0.717) is 13.2 Å². The van der Waals surface area contributed by atoms with Crippen molar-refractivity contribution in [3.63, 3.8) is 0 Å². The van der Waals surface area contributed by atoms with E-state index in [1.807, 2.05) is 0 Å². The van der Waals surface area contributed by atoms with Crippen molar-refractivity contribution in [2.45, 2.75) is 0 Å². The highest BCUT2D eigenvalue weighted by atomic mass is 31.2. The molecule has 5 heteroatoms. The summed E-state index contributed by atoms with van der Waals surface area (Å²) in [5.41, 5.74) is 0. The van der Waals surface area contributed by atoms with Crippen LogP contribution in [0.4, 0.5) is 0 Å². The molecule has 0 amide bonds. The second-order valence-corrected chi connectivity index (χ2v) is 2.65. The van der Waals surface area contributed by atoms with Crippen LogP contribution in [0.3, 0.4) is 0 Å². The van der Waals surface area contributed by atoms with Gasteiger partial charge in [-0.25, -0.2) is 0 Å². The summed E-state index contributed by atoms with van der Waals surface area (Å²) in [6, 6.07) is 0. The fraction of sp³-hybridized carbons (Fsp3) is 1.00. The molecule has 0 radical (unpaired) electrons. The molecule has 0 aromatic heterocycles. The quantitative estimate of drug-likeness (QED) is 0.436. The Bertz CT molecular complexity index is 64.1. The van der Waals surface area contributed by atoms with E-state index in [1.165, 1.54) is 0 Å². The zero-order valence-corrected chi connectivity index (χ0v) is 4.47. The molecule has 1 aliphatic rings. The molecule has 0 spiro atoms. The molecule has 1 heterocycles. The SMILES string of the molecule is O[P+]1(O)OCCO1. The smallest absolute Gasteiger partial charge is 0.168 e. The summed E-state index contributed by atoms with van der Waals surface area (Å²) in [6.45, 7) is 0.585. The van der Waals surface area contributed by atoms with E-state index in [9.17, 15) is 0 Å². The molecule has 0 bridgehead atoms. The van der Waals surface area contributed by atoms with Crippen LogP contribution in [-0.2, 0) is 9.05 Å². The minimum absolute atomic E-state index is 0.292. The Morgan fingerprint density at radius 2 is 1.57 bits per heavy atom. The molecular weight excluding hydrogens is 119 g/mol. The Balaban J connectivity index is 2.40. The Kier molecular flexibility index (Phi) is 1.28. The minimum Gasteiger partial charge on any atom is -0.168 e. The zero-order chi connectivity index (χ0) is 5.33. The molecule has 0 aromatic carbocycles. The third-order valence-electron chi connectivity index (χ3n) is 0.602. The van der Waals surface area contributed by atoms with Crippen LogP contribution in [0.25, 0.3) is 0 Å². The summed E-state index contributed by atoms with van der Waals surface area (Å²) in [5.74, 6) is 0. The summed E-state index contributed by atoms with van der Waals surface area (Å²) in [7, 11) is -3.29. The van der Waals surface area contributed by atoms with Crippen molar-refractivity contribution in [3.05, 3.63) is 0 Å². The van der Waals surface area contributed by atoms with Gasteiger partial charge >= 0.3 is 8.17 Å². The number of rotatable bonds is 0. The highest BCUT2D eigenvalue weighted by Gasteiger charge is 2.44. The van der Waals surface area contributed by atoms with Crippen LogP contribution in [0.15, 0.2) is 0 Å². The van der Waals surface area contributed by atoms with Crippen LogP contribution < -0.4 is 0 Å². The summed E-state index contributed by atoms with van der Waals surface area (Å²) >= 11 is 0. The van der Waals surface area contributed by atoms with Gasteiger partial charge in [-0.2, -0.15) is 18.8 Å². The molecular formula is C2H6O4P+. The average Bonchev–Trinajstić information content (AvgIpc) is 1.84. The largest absolute Gasteiger partial charge is 0.570 e. The van der Waals surface area contributed by atoms with Crippen molar-refractivity contribution in [3.8, 4) is 0 Å². The van der Waals surface area contributed by atoms with Gasteiger partial charge in [-0.15, -0.1) is 0 Å². The number of hydrogen-bond acceptors (Lipinski definition) is 4. The predicted octanol–water partition coefficient (Wildman–Crippen LogP) is -0.305. The maximum absolute atomic E-state index is 8.42. The van der Waals surface area contributed by atoms with Gasteiger partial charge in [-0.3, -0.25) is 0 Å². The summed E-state index contributed by atoms with van der Waals surface area (Å²) in [5, 5.41) is 0. The molecule has 1 fully saturated rings. The molecule has 7 heavy (non-hydrogen) atoms. The first-order valence-electron chi connectivity index (χ1n) is 1.84.